The molecule has 3 fully saturated rings. The van der Waals surface area contributed by atoms with Gasteiger partial charge in [0.25, 0.3) is 0 Å². The number of amides is 1. The van der Waals surface area contributed by atoms with Gasteiger partial charge >= 0.3 is 12.1 Å². The van der Waals surface area contributed by atoms with Crippen molar-refractivity contribution in [3.63, 3.8) is 0 Å². The molecular weight excluding hydrogens is 582 g/mol. The van der Waals surface area contributed by atoms with Gasteiger partial charge in [-0.2, -0.15) is 0 Å². The Labute approximate surface area is 268 Å². The Balaban J connectivity index is 1.80. The first-order valence-electron chi connectivity index (χ1n) is 16.5. The number of hydrogen-bond donors (Lipinski definition) is 1. The molecule has 0 aromatic heterocycles. The molecule has 45 heavy (non-hydrogen) atoms. The lowest BCUT2D eigenvalue weighted by molar-refractivity contribution is -0.295. The number of aliphatic imine (C=N–C) groups is 1. The van der Waals surface area contributed by atoms with E-state index in [4.69, 9.17) is 28.7 Å². The van der Waals surface area contributed by atoms with Crippen LogP contribution in [0.5, 0.6) is 0 Å². The lowest BCUT2D eigenvalue weighted by Gasteiger charge is -2.47. The number of esters is 1. The van der Waals surface area contributed by atoms with E-state index in [2.05, 4.69) is 6.92 Å². The minimum absolute atomic E-state index is 0.146. The van der Waals surface area contributed by atoms with Crippen molar-refractivity contribution >= 4 is 23.6 Å². The summed E-state index contributed by atoms with van der Waals surface area (Å²) in [5.41, 5.74) is -1.31. The average Bonchev–Trinajstić information content (AvgIpc) is 3.11. The van der Waals surface area contributed by atoms with Gasteiger partial charge in [0.2, 0.25) is 0 Å². The molecule has 2 bridgehead atoms. The van der Waals surface area contributed by atoms with Crippen LogP contribution in [0.2, 0.25) is 0 Å². The number of rotatable bonds is 5. The highest BCUT2D eigenvalue weighted by atomic mass is 16.7. The van der Waals surface area contributed by atoms with E-state index in [0.29, 0.717) is 32.4 Å². The van der Waals surface area contributed by atoms with Crippen LogP contribution >= 0.6 is 0 Å². The van der Waals surface area contributed by atoms with E-state index in [9.17, 15) is 19.5 Å². The summed E-state index contributed by atoms with van der Waals surface area (Å²) in [5.74, 6) is -3.41. The quantitative estimate of drug-likeness (QED) is 0.354. The van der Waals surface area contributed by atoms with Gasteiger partial charge in [-0.05, 0) is 67.0 Å². The van der Waals surface area contributed by atoms with Crippen LogP contribution in [0, 0.1) is 23.7 Å². The molecule has 12 nitrogen and oxygen atoms in total. The maximum absolute atomic E-state index is 14.1. The molecule has 0 spiro atoms. The van der Waals surface area contributed by atoms with Crippen LogP contribution < -0.4 is 0 Å². The van der Waals surface area contributed by atoms with Crippen molar-refractivity contribution in [1.82, 2.24) is 9.80 Å². The number of aliphatic hydroxyl groups excluding tert-OH is 1. The Bertz CT molecular complexity index is 1150. The van der Waals surface area contributed by atoms with Crippen LogP contribution in [0.1, 0.15) is 74.7 Å². The summed E-state index contributed by atoms with van der Waals surface area (Å²) in [6, 6.07) is -0.652. The second-order valence-electron chi connectivity index (χ2n) is 14.3. The molecule has 0 aliphatic carbocycles. The highest BCUT2D eigenvalue weighted by Gasteiger charge is 2.60. The van der Waals surface area contributed by atoms with Crippen molar-refractivity contribution in [2.45, 2.75) is 129 Å². The van der Waals surface area contributed by atoms with Crippen molar-refractivity contribution in [3.05, 3.63) is 0 Å². The van der Waals surface area contributed by atoms with Crippen molar-refractivity contribution in [3.8, 4) is 0 Å². The second kappa shape index (κ2) is 13.5. The molecule has 0 unspecified atom stereocenters. The zero-order valence-corrected chi connectivity index (χ0v) is 28.9. The third-order valence-electron chi connectivity index (χ3n) is 10.8. The van der Waals surface area contributed by atoms with E-state index < -0.39 is 65.7 Å². The van der Waals surface area contributed by atoms with E-state index in [1.165, 1.54) is 6.92 Å². The number of cyclic esters (lactones) is 1. The number of hydrogen-bond acceptors (Lipinski definition) is 11. The summed E-state index contributed by atoms with van der Waals surface area (Å²) in [6.45, 7) is 15.7. The van der Waals surface area contributed by atoms with Gasteiger partial charge in [-0.1, -0.05) is 27.7 Å². The fourth-order valence-electron chi connectivity index (χ4n) is 8.31. The maximum atomic E-state index is 14.1. The van der Waals surface area contributed by atoms with Gasteiger partial charge in [-0.15, -0.1) is 0 Å². The Morgan fingerprint density at radius 3 is 2.36 bits per heavy atom. The molecule has 4 aliphatic rings. The molecule has 4 aliphatic heterocycles. The van der Waals surface area contributed by atoms with Crippen LogP contribution in [0.25, 0.3) is 0 Å². The van der Waals surface area contributed by atoms with Crippen LogP contribution in [-0.4, -0.2) is 127 Å². The predicted octanol–water partition coefficient (Wildman–Crippen LogP) is 3.08. The molecule has 3 saturated heterocycles. The molecule has 4 rings (SSSR count). The zero-order valence-electron chi connectivity index (χ0n) is 28.9. The number of carbonyl (C=O) groups excluding carboxylic acids is 3. The predicted molar refractivity (Wildman–Crippen MR) is 167 cm³/mol. The summed E-state index contributed by atoms with van der Waals surface area (Å²) in [7, 11) is 5.38. The smallest absolute Gasteiger partial charge is 0.410 e. The fraction of sp³-hybridized carbons (Fsp3) is 0.879. The number of fused-ring (bicyclic) bond motifs is 1. The Kier molecular flexibility index (Phi) is 10.8. The average molecular weight is 638 g/mol. The summed E-state index contributed by atoms with van der Waals surface area (Å²) >= 11 is 0. The molecule has 1 N–H and O–H groups in total. The zero-order chi connectivity index (χ0) is 33.6. The first-order chi connectivity index (χ1) is 21.0. The topological polar surface area (TPSA) is 136 Å². The van der Waals surface area contributed by atoms with Gasteiger partial charge in [0.15, 0.2) is 17.7 Å². The third-order valence-corrected chi connectivity index (χ3v) is 10.8. The third kappa shape index (κ3) is 6.54. The maximum Gasteiger partial charge on any atom is 0.410 e. The molecule has 0 aromatic rings. The number of aliphatic hydroxyl groups is 1. The fourth-order valence-corrected chi connectivity index (χ4v) is 8.31. The standard InChI is InChI=1S/C33H55N3O9/c1-12-23-33(8)27-19(4)24(34-13-14-36(27)31(40)45-33)17(2)16-32(7,41-11)28(20(5)25(37)21(6)29(39)43-23)44-30-26(38)22(35(9)10)15-18(3)42-30/h17-23,26-28,30,38H,12-16H2,1-11H3/t17-,18-,19+,20+,21-,22+,23-,26-,27-,28-,30+,32+,33-/m1/s1. The monoisotopic (exact) mass is 637 g/mol. The molecule has 0 aromatic carbocycles. The van der Waals surface area contributed by atoms with Gasteiger partial charge < -0.3 is 33.7 Å². The minimum atomic E-state index is -1.14. The molecule has 256 valence electrons. The van der Waals surface area contributed by atoms with Gasteiger partial charge in [0.1, 0.15) is 18.1 Å². The van der Waals surface area contributed by atoms with E-state index in [0.717, 1.165) is 5.71 Å². The number of carbonyl (C=O) groups is 3. The van der Waals surface area contributed by atoms with Crippen molar-refractivity contribution in [1.29, 1.82) is 0 Å². The molecule has 12 heteroatoms. The summed E-state index contributed by atoms with van der Waals surface area (Å²) in [6.07, 6.45) is -2.91. The summed E-state index contributed by atoms with van der Waals surface area (Å²) in [4.78, 5) is 49.6. The van der Waals surface area contributed by atoms with Crippen LogP contribution in [0.15, 0.2) is 4.99 Å². The molecular formula is C33H55N3O9. The normalized spacial score (nSPS) is 45.0. The molecule has 1 amide bonds. The lowest BCUT2D eigenvalue weighted by atomic mass is 9.73. The Hall–Kier alpha value is -2.12. The number of ether oxygens (including phenoxy) is 5. The van der Waals surface area contributed by atoms with Crippen LogP contribution in [0.4, 0.5) is 4.79 Å². The van der Waals surface area contributed by atoms with Gasteiger partial charge in [-0.25, -0.2) is 4.79 Å². The Morgan fingerprint density at radius 1 is 1.09 bits per heavy atom. The number of nitrogens with zero attached hydrogens (tertiary/aromatic N) is 3. The minimum Gasteiger partial charge on any atom is -0.458 e. The first-order valence-corrected chi connectivity index (χ1v) is 16.5. The number of Topliss-reactive ketones (excluding diaryl/α,β-unsaturated/α-hetero) is 1. The Morgan fingerprint density at radius 2 is 1.76 bits per heavy atom. The lowest BCUT2D eigenvalue weighted by Crippen LogP contribution is -2.60. The van der Waals surface area contributed by atoms with E-state index in [1.807, 2.05) is 53.6 Å². The summed E-state index contributed by atoms with van der Waals surface area (Å²) < 4.78 is 31.1. The van der Waals surface area contributed by atoms with Crippen LogP contribution in [-0.2, 0) is 33.3 Å². The van der Waals surface area contributed by atoms with E-state index >= 15 is 0 Å². The van der Waals surface area contributed by atoms with Gasteiger partial charge in [-0.3, -0.25) is 19.5 Å². The molecule has 4 heterocycles. The van der Waals surface area contributed by atoms with Crippen molar-refractivity contribution < 1.29 is 43.2 Å². The first kappa shape index (κ1) is 35.7. The number of ketones is 1. The largest absolute Gasteiger partial charge is 0.458 e. The van der Waals surface area contributed by atoms with Gasteiger partial charge in [0, 0.05) is 37.2 Å². The van der Waals surface area contributed by atoms with Crippen molar-refractivity contribution in [2.24, 2.45) is 28.7 Å². The van der Waals surface area contributed by atoms with E-state index in [1.54, 1.807) is 18.9 Å². The number of likely N-dealkylation sites (N-methyl/N-ethyl adjacent to an activating group) is 1. The molecule has 0 saturated carbocycles. The SMILES string of the molecule is CC[C@H]1OC(=O)[C@H](C)C(=O)[C@H](C)[C@@H](O[C@@H]2O[C@H](C)C[C@H](N(C)C)[C@H]2O)[C@@](C)(OC)C[C@@H](C)C2=NCCN3C(=O)O[C@@]1(C)[C@H]3[C@H]2C. The van der Waals surface area contributed by atoms with E-state index in [-0.39, 0.29) is 29.8 Å². The second-order valence-corrected chi connectivity index (χ2v) is 14.3. The molecule has 0 radical (unpaired) electrons. The number of methoxy groups -OCH3 is 1. The van der Waals surface area contributed by atoms with Gasteiger partial charge in [0.05, 0.1) is 30.4 Å². The molecule has 13 atom stereocenters. The highest BCUT2D eigenvalue weighted by Crippen LogP contribution is 2.44. The highest BCUT2D eigenvalue weighted by molar-refractivity contribution is 6.00. The van der Waals surface area contributed by atoms with Crippen molar-refractivity contribution in [2.75, 3.05) is 34.3 Å². The van der Waals surface area contributed by atoms with Crippen LogP contribution in [0.3, 0.4) is 0 Å². The summed E-state index contributed by atoms with van der Waals surface area (Å²) in [5, 5.41) is 11.4.